The highest BCUT2D eigenvalue weighted by molar-refractivity contribution is 14.0. The highest BCUT2D eigenvalue weighted by Crippen LogP contribution is 2.29. The second-order valence-corrected chi connectivity index (χ2v) is 7.66. The number of rotatable bonds is 2. The van der Waals surface area contributed by atoms with Crippen molar-refractivity contribution in [3.8, 4) is 0 Å². The first-order valence-corrected chi connectivity index (χ1v) is 8.14. The Morgan fingerprint density at radius 3 is 2.71 bits per heavy atom. The minimum atomic E-state index is 0. The van der Waals surface area contributed by atoms with Gasteiger partial charge in [-0.25, -0.2) is 0 Å². The molecule has 0 aliphatic carbocycles. The molecule has 0 radical (unpaired) electrons. The molecule has 1 heterocycles. The van der Waals surface area contributed by atoms with E-state index < -0.39 is 0 Å². The summed E-state index contributed by atoms with van der Waals surface area (Å²) in [7, 11) is 1.87. The normalized spacial score (nSPS) is 18.1. The fourth-order valence-corrected chi connectivity index (χ4v) is 3.62. The SMILES string of the molecule is CN=C(NCc1ccccc1C)N1CCSC(C)(C)C1.I. The van der Waals surface area contributed by atoms with Gasteiger partial charge in [0.1, 0.15) is 0 Å². The fourth-order valence-electron chi connectivity index (χ4n) is 2.51. The summed E-state index contributed by atoms with van der Waals surface area (Å²) in [5, 5.41) is 3.50. The molecule has 0 atom stereocenters. The Morgan fingerprint density at radius 2 is 2.10 bits per heavy atom. The van der Waals surface area contributed by atoms with Crippen molar-refractivity contribution in [2.75, 3.05) is 25.9 Å². The summed E-state index contributed by atoms with van der Waals surface area (Å²) in [6, 6.07) is 8.50. The number of benzene rings is 1. The lowest BCUT2D eigenvalue weighted by atomic mass is 10.1. The average molecular weight is 419 g/mol. The molecule has 5 heteroatoms. The number of nitrogens with zero attached hydrogens (tertiary/aromatic N) is 2. The lowest BCUT2D eigenvalue weighted by Crippen LogP contribution is -2.50. The first-order valence-electron chi connectivity index (χ1n) is 7.16. The number of hydrogen-bond acceptors (Lipinski definition) is 2. The van der Waals surface area contributed by atoms with E-state index in [4.69, 9.17) is 0 Å². The second-order valence-electron chi connectivity index (χ2n) is 5.86. The van der Waals surface area contributed by atoms with Crippen molar-refractivity contribution in [2.45, 2.75) is 32.1 Å². The molecule has 3 nitrogen and oxygen atoms in total. The van der Waals surface area contributed by atoms with E-state index in [1.165, 1.54) is 11.1 Å². The van der Waals surface area contributed by atoms with Crippen molar-refractivity contribution in [2.24, 2.45) is 4.99 Å². The zero-order chi connectivity index (χ0) is 14.6. The van der Waals surface area contributed by atoms with Gasteiger partial charge >= 0.3 is 0 Å². The van der Waals surface area contributed by atoms with Gasteiger partial charge in [0, 0.05) is 37.2 Å². The zero-order valence-corrected chi connectivity index (χ0v) is 16.5. The first kappa shape index (κ1) is 18.6. The van der Waals surface area contributed by atoms with Gasteiger partial charge in [0.25, 0.3) is 0 Å². The van der Waals surface area contributed by atoms with Gasteiger partial charge < -0.3 is 10.2 Å². The lowest BCUT2D eigenvalue weighted by molar-refractivity contribution is 0.375. The Balaban J connectivity index is 0.00000220. The molecule has 118 valence electrons. The maximum absolute atomic E-state index is 4.44. The van der Waals surface area contributed by atoms with Crippen LogP contribution < -0.4 is 5.32 Å². The second kappa shape index (κ2) is 8.27. The molecule has 1 saturated heterocycles. The Morgan fingerprint density at radius 1 is 1.38 bits per heavy atom. The number of halogens is 1. The van der Waals surface area contributed by atoms with E-state index in [1.54, 1.807) is 0 Å². The topological polar surface area (TPSA) is 27.6 Å². The van der Waals surface area contributed by atoms with Crippen molar-refractivity contribution >= 4 is 41.7 Å². The van der Waals surface area contributed by atoms with Crippen LogP contribution >= 0.6 is 35.7 Å². The van der Waals surface area contributed by atoms with Gasteiger partial charge in [-0.1, -0.05) is 24.3 Å². The largest absolute Gasteiger partial charge is 0.352 e. The third kappa shape index (κ3) is 5.36. The Hall–Kier alpha value is -0.430. The molecule has 0 saturated carbocycles. The van der Waals surface area contributed by atoms with E-state index >= 15 is 0 Å². The molecule has 2 rings (SSSR count). The molecule has 1 fully saturated rings. The molecular formula is C16H26IN3S. The summed E-state index contributed by atoms with van der Waals surface area (Å²) in [4.78, 5) is 6.81. The van der Waals surface area contributed by atoms with E-state index in [2.05, 4.69) is 60.2 Å². The molecular weight excluding hydrogens is 393 g/mol. The van der Waals surface area contributed by atoms with E-state index in [-0.39, 0.29) is 24.0 Å². The van der Waals surface area contributed by atoms with Crippen LogP contribution in [0.25, 0.3) is 0 Å². The van der Waals surface area contributed by atoms with E-state index in [1.807, 2.05) is 18.8 Å². The smallest absolute Gasteiger partial charge is 0.193 e. The van der Waals surface area contributed by atoms with Crippen LogP contribution in [-0.4, -0.2) is 41.5 Å². The lowest BCUT2D eigenvalue weighted by Gasteiger charge is -2.39. The first-order chi connectivity index (χ1) is 9.52. The summed E-state index contributed by atoms with van der Waals surface area (Å²) < 4.78 is 0.304. The molecule has 0 unspecified atom stereocenters. The highest BCUT2D eigenvalue weighted by Gasteiger charge is 2.28. The van der Waals surface area contributed by atoms with Gasteiger partial charge in [-0.2, -0.15) is 11.8 Å². The average Bonchev–Trinajstić information content (AvgIpc) is 2.40. The predicted molar refractivity (Wildman–Crippen MR) is 105 cm³/mol. The number of guanidine groups is 1. The van der Waals surface area contributed by atoms with E-state index in [0.717, 1.165) is 31.3 Å². The number of aryl methyl sites for hydroxylation is 1. The minimum Gasteiger partial charge on any atom is -0.352 e. The summed E-state index contributed by atoms with van der Waals surface area (Å²) in [6.07, 6.45) is 0. The van der Waals surface area contributed by atoms with Crippen LogP contribution in [0.2, 0.25) is 0 Å². The number of aliphatic imine (C=N–C) groups is 1. The van der Waals surface area contributed by atoms with Crippen molar-refractivity contribution < 1.29 is 0 Å². The summed E-state index contributed by atoms with van der Waals surface area (Å²) >= 11 is 2.04. The molecule has 1 aromatic carbocycles. The monoisotopic (exact) mass is 419 g/mol. The summed E-state index contributed by atoms with van der Waals surface area (Å²) in [5.41, 5.74) is 2.66. The Bertz CT molecular complexity index is 488. The van der Waals surface area contributed by atoms with Gasteiger partial charge in [-0.05, 0) is 31.9 Å². The van der Waals surface area contributed by atoms with Crippen LogP contribution in [0.4, 0.5) is 0 Å². The summed E-state index contributed by atoms with van der Waals surface area (Å²) in [5.74, 6) is 2.18. The Labute approximate surface area is 150 Å². The molecule has 1 N–H and O–H groups in total. The molecule has 1 aliphatic rings. The predicted octanol–water partition coefficient (Wildman–Crippen LogP) is 3.52. The van der Waals surface area contributed by atoms with Gasteiger partial charge in [0.05, 0.1) is 0 Å². The standard InChI is InChI=1S/C16H25N3S.HI/c1-13-7-5-6-8-14(13)11-18-15(17-4)19-9-10-20-16(2,3)12-19;/h5-8H,9-12H2,1-4H3,(H,17,18);1H. The van der Waals surface area contributed by atoms with E-state index in [0.29, 0.717) is 4.75 Å². The molecule has 1 aliphatic heterocycles. The van der Waals surface area contributed by atoms with Gasteiger partial charge in [0.2, 0.25) is 0 Å². The third-order valence-corrected chi connectivity index (χ3v) is 4.93. The van der Waals surface area contributed by atoms with Crippen molar-refractivity contribution in [1.82, 2.24) is 10.2 Å². The van der Waals surface area contributed by atoms with Gasteiger partial charge in [-0.15, -0.1) is 24.0 Å². The maximum atomic E-state index is 4.44. The number of hydrogen-bond donors (Lipinski definition) is 1. The minimum absolute atomic E-state index is 0. The van der Waals surface area contributed by atoms with Gasteiger partial charge in [-0.3, -0.25) is 4.99 Å². The molecule has 0 aromatic heterocycles. The number of thioether (sulfide) groups is 1. The molecule has 21 heavy (non-hydrogen) atoms. The van der Waals surface area contributed by atoms with Crippen molar-refractivity contribution in [3.63, 3.8) is 0 Å². The number of nitrogens with one attached hydrogen (secondary N) is 1. The van der Waals surface area contributed by atoms with E-state index in [9.17, 15) is 0 Å². The van der Waals surface area contributed by atoms with Crippen LogP contribution in [0.15, 0.2) is 29.3 Å². The van der Waals surface area contributed by atoms with Crippen LogP contribution in [0, 0.1) is 6.92 Å². The molecule has 0 spiro atoms. The Kier molecular flexibility index (Phi) is 7.33. The van der Waals surface area contributed by atoms with Crippen LogP contribution in [0.3, 0.4) is 0 Å². The third-order valence-electron chi connectivity index (χ3n) is 3.64. The molecule has 1 aromatic rings. The fraction of sp³-hybridized carbons (Fsp3) is 0.562. The van der Waals surface area contributed by atoms with Crippen LogP contribution in [-0.2, 0) is 6.54 Å². The maximum Gasteiger partial charge on any atom is 0.193 e. The van der Waals surface area contributed by atoms with Crippen LogP contribution in [0.5, 0.6) is 0 Å². The zero-order valence-electron chi connectivity index (χ0n) is 13.3. The quantitative estimate of drug-likeness (QED) is 0.452. The molecule has 0 bridgehead atoms. The molecule has 0 amide bonds. The van der Waals surface area contributed by atoms with Crippen LogP contribution in [0.1, 0.15) is 25.0 Å². The highest BCUT2D eigenvalue weighted by atomic mass is 127. The van der Waals surface area contributed by atoms with Gasteiger partial charge in [0.15, 0.2) is 5.96 Å². The van der Waals surface area contributed by atoms with Crippen molar-refractivity contribution in [3.05, 3.63) is 35.4 Å². The summed E-state index contributed by atoms with van der Waals surface area (Å²) in [6.45, 7) is 9.72. The van der Waals surface area contributed by atoms with Crippen molar-refractivity contribution in [1.29, 1.82) is 0 Å².